The first-order valence-corrected chi connectivity index (χ1v) is 10.9. The number of carbonyl (C=O) groups excluding carboxylic acids is 2. The molecule has 4 rings (SSSR count). The van der Waals surface area contributed by atoms with E-state index in [2.05, 4.69) is 4.98 Å². The number of halogens is 1. The number of carbonyl (C=O) groups is 2. The van der Waals surface area contributed by atoms with Crippen LogP contribution in [0.25, 0.3) is 5.76 Å². The van der Waals surface area contributed by atoms with Gasteiger partial charge in [0.15, 0.2) is 0 Å². The van der Waals surface area contributed by atoms with Crippen molar-refractivity contribution in [2.45, 2.75) is 26.4 Å². The lowest BCUT2D eigenvalue weighted by Gasteiger charge is -2.25. The third kappa shape index (κ3) is 4.47. The molecule has 3 aromatic rings. The second-order valence-electron chi connectivity index (χ2n) is 7.75. The minimum absolute atomic E-state index is 0.0403. The molecule has 1 amide bonds. The number of hydrogen-bond acceptors (Lipinski definition) is 5. The van der Waals surface area contributed by atoms with Crippen molar-refractivity contribution in [3.05, 3.63) is 99.8 Å². The number of aromatic nitrogens is 1. The van der Waals surface area contributed by atoms with Crippen LogP contribution in [-0.2, 0) is 16.1 Å². The van der Waals surface area contributed by atoms with E-state index in [1.54, 1.807) is 60.9 Å². The summed E-state index contributed by atoms with van der Waals surface area (Å²) in [4.78, 5) is 31.8. The number of benzene rings is 2. The number of rotatable bonds is 6. The van der Waals surface area contributed by atoms with Crippen LogP contribution in [0.15, 0.2) is 72.6 Å². The molecule has 33 heavy (non-hydrogen) atoms. The molecule has 168 valence electrons. The maximum Gasteiger partial charge on any atom is 0.295 e. The van der Waals surface area contributed by atoms with E-state index in [1.807, 2.05) is 19.9 Å². The highest BCUT2D eigenvalue weighted by atomic mass is 35.5. The number of aryl methyl sites for hydroxylation is 1. The summed E-state index contributed by atoms with van der Waals surface area (Å²) in [5.74, 6) is -0.964. The molecule has 1 aromatic heterocycles. The second-order valence-corrected chi connectivity index (χ2v) is 8.19. The summed E-state index contributed by atoms with van der Waals surface area (Å²) < 4.78 is 5.52. The number of Topliss-reactive ketones (excluding diaryl/α,β-unsaturated/α-hetero) is 1. The van der Waals surface area contributed by atoms with Crippen LogP contribution in [0.3, 0.4) is 0 Å². The van der Waals surface area contributed by atoms with Crippen molar-refractivity contribution >= 4 is 29.1 Å². The molecule has 1 aliphatic heterocycles. The second kappa shape index (κ2) is 9.46. The lowest BCUT2D eigenvalue weighted by atomic mass is 9.94. The Bertz CT molecular complexity index is 1220. The third-order valence-corrected chi connectivity index (χ3v) is 5.82. The molecule has 0 bridgehead atoms. The van der Waals surface area contributed by atoms with Gasteiger partial charge in [-0.15, -0.1) is 0 Å². The fourth-order valence-corrected chi connectivity index (χ4v) is 4.15. The Kier molecular flexibility index (Phi) is 6.47. The summed E-state index contributed by atoms with van der Waals surface area (Å²) in [6.07, 6.45) is 3.29. The number of nitrogens with zero attached hydrogens (tertiary/aromatic N) is 2. The van der Waals surface area contributed by atoms with Gasteiger partial charge < -0.3 is 14.7 Å². The Labute approximate surface area is 197 Å². The monoisotopic (exact) mass is 462 g/mol. The van der Waals surface area contributed by atoms with Crippen LogP contribution in [-0.4, -0.2) is 33.3 Å². The molecule has 1 unspecified atom stereocenters. The molecule has 6 nitrogen and oxygen atoms in total. The van der Waals surface area contributed by atoms with Crippen LogP contribution in [0.5, 0.6) is 5.75 Å². The SMILES string of the molecule is CCOc1ccc(/C(O)=C2/C(=O)C(=O)N(Cc3cccnc3)C2c2ccc(Cl)cc2)c(C)c1. The quantitative estimate of drug-likeness (QED) is 0.314. The summed E-state index contributed by atoms with van der Waals surface area (Å²) in [7, 11) is 0. The molecule has 1 fully saturated rings. The van der Waals surface area contributed by atoms with Crippen LogP contribution >= 0.6 is 11.6 Å². The van der Waals surface area contributed by atoms with Crippen LogP contribution in [0, 0.1) is 6.92 Å². The predicted octanol–water partition coefficient (Wildman–Crippen LogP) is 5.06. The average Bonchev–Trinajstić information content (AvgIpc) is 3.05. The number of hydrogen-bond donors (Lipinski definition) is 1. The maximum absolute atomic E-state index is 13.2. The van der Waals surface area contributed by atoms with Crippen molar-refractivity contribution < 1.29 is 19.4 Å². The van der Waals surface area contributed by atoms with Gasteiger partial charge in [0, 0.05) is 29.5 Å². The van der Waals surface area contributed by atoms with Gasteiger partial charge in [-0.25, -0.2) is 0 Å². The van der Waals surface area contributed by atoms with E-state index in [9.17, 15) is 14.7 Å². The fraction of sp³-hybridized carbons (Fsp3) is 0.192. The molecule has 0 saturated carbocycles. The van der Waals surface area contributed by atoms with E-state index in [0.29, 0.717) is 28.5 Å². The van der Waals surface area contributed by atoms with E-state index in [1.165, 1.54) is 4.90 Å². The van der Waals surface area contributed by atoms with Crippen molar-refractivity contribution in [2.75, 3.05) is 6.61 Å². The summed E-state index contributed by atoms with van der Waals surface area (Å²) in [5.41, 5.74) is 2.69. The lowest BCUT2D eigenvalue weighted by Crippen LogP contribution is -2.29. The predicted molar refractivity (Wildman–Crippen MR) is 126 cm³/mol. The van der Waals surface area contributed by atoms with Crippen LogP contribution in [0.1, 0.15) is 35.2 Å². The van der Waals surface area contributed by atoms with Crippen LogP contribution in [0.2, 0.25) is 5.02 Å². The minimum Gasteiger partial charge on any atom is -0.507 e. The Hall–Kier alpha value is -3.64. The van der Waals surface area contributed by atoms with Crippen molar-refractivity contribution in [3.63, 3.8) is 0 Å². The minimum atomic E-state index is -0.770. The van der Waals surface area contributed by atoms with Crippen molar-refractivity contribution in [1.29, 1.82) is 0 Å². The molecule has 1 atom stereocenters. The molecule has 1 aliphatic rings. The molecule has 1 N–H and O–H groups in total. The first-order valence-electron chi connectivity index (χ1n) is 10.6. The molecule has 0 aliphatic carbocycles. The van der Waals surface area contributed by atoms with Crippen molar-refractivity contribution in [1.82, 2.24) is 9.88 Å². The summed E-state index contributed by atoms with van der Waals surface area (Å²) in [6, 6.07) is 15.0. The van der Waals surface area contributed by atoms with Gasteiger partial charge in [0.2, 0.25) is 0 Å². The molecule has 2 heterocycles. The number of ketones is 1. The molecule has 2 aromatic carbocycles. The summed E-state index contributed by atoms with van der Waals surface area (Å²) in [5, 5.41) is 11.8. The van der Waals surface area contributed by atoms with E-state index < -0.39 is 17.7 Å². The summed E-state index contributed by atoms with van der Waals surface area (Å²) >= 11 is 6.07. The molecular weight excluding hydrogens is 440 g/mol. The van der Waals surface area contributed by atoms with Gasteiger partial charge in [-0.05, 0) is 66.9 Å². The molecule has 0 spiro atoms. The van der Waals surface area contributed by atoms with E-state index in [0.717, 1.165) is 11.1 Å². The number of pyridine rings is 1. The number of aliphatic hydroxyl groups is 1. The van der Waals surface area contributed by atoms with Crippen molar-refractivity contribution in [2.24, 2.45) is 0 Å². The van der Waals surface area contributed by atoms with E-state index >= 15 is 0 Å². The topological polar surface area (TPSA) is 79.7 Å². The van der Waals surface area contributed by atoms with Gasteiger partial charge >= 0.3 is 0 Å². The number of amides is 1. The van der Waals surface area contributed by atoms with E-state index in [-0.39, 0.29) is 17.9 Å². The maximum atomic E-state index is 13.2. The van der Waals surface area contributed by atoms with Gasteiger partial charge in [-0.2, -0.15) is 0 Å². The van der Waals surface area contributed by atoms with Gasteiger partial charge in [0.25, 0.3) is 11.7 Å². The molecule has 7 heteroatoms. The first-order chi connectivity index (χ1) is 15.9. The zero-order valence-corrected chi connectivity index (χ0v) is 19.0. The highest BCUT2D eigenvalue weighted by Gasteiger charge is 2.46. The van der Waals surface area contributed by atoms with Gasteiger partial charge in [-0.3, -0.25) is 14.6 Å². The van der Waals surface area contributed by atoms with Crippen LogP contribution < -0.4 is 4.74 Å². The lowest BCUT2D eigenvalue weighted by molar-refractivity contribution is -0.140. The fourth-order valence-electron chi connectivity index (χ4n) is 4.03. The zero-order chi connectivity index (χ0) is 23.5. The molecular formula is C26H23ClN2O4. The highest BCUT2D eigenvalue weighted by molar-refractivity contribution is 6.46. The Morgan fingerprint density at radius 2 is 1.91 bits per heavy atom. The summed E-state index contributed by atoms with van der Waals surface area (Å²) in [6.45, 7) is 4.39. The standard InChI is InChI=1S/C26H23ClN2O4/c1-3-33-20-10-11-21(16(2)13-20)24(30)22-23(18-6-8-19(27)9-7-18)29(26(32)25(22)31)15-17-5-4-12-28-14-17/h4-14,23,30H,3,15H2,1-2H3/b24-22-. The largest absolute Gasteiger partial charge is 0.507 e. The Balaban J connectivity index is 1.85. The van der Waals surface area contributed by atoms with Crippen LogP contribution in [0.4, 0.5) is 0 Å². The number of ether oxygens (including phenoxy) is 1. The Morgan fingerprint density at radius 3 is 2.55 bits per heavy atom. The van der Waals surface area contributed by atoms with Gasteiger partial charge in [0.1, 0.15) is 11.5 Å². The highest BCUT2D eigenvalue weighted by Crippen LogP contribution is 2.41. The van der Waals surface area contributed by atoms with Gasteiger partial charge in [0.05, 0.1) is 18.2 Å². The van der Waals surface area contributed by atoms with Gasteiger partial charge in [-0.1, -0.05) is 29.8 Å². The average molecular weight is 463 g/mol. The normalized spacial score (nSPS) is 17.4. The van der Waals surface area contributed by atoms with E-state index in [4.69, 9.17) is 16.3 Å². The smallest absolute Gasteiger partial charge is 0.295 e. The zero-order valence-electron chi connectivity index (χ0n) is 18.3. The Morgan fingerprint density at radius 1 is 1.15 bits per heavy atom. The first kappa shape index (κ1) is 22.6. The molecule has 0 radical (unpaired) electrons. The number of aliphatic hydroxyl groups excluding tert-OH is 1. The molecule has 1 saturated heterocycles. The number of likely N-dealkylation sites (tertiary alicyclic amines) is 1. The van der Waals surface area contributed by atoms with Crippen molar-refractivity contribution in [3.8, 4) is 5.75 Å². The third-order valence-electron chi connectivity index (χ3n) is 5.57.